The highest BCUT2D eigenvalue weighted by Crippen LogP contribution is 2.25. The number of hydrogen-bond acceptors (Lipinski definition) is 4. The third kappa shape index (κ3) is 5.52. The van der Waals surface area contributed by atoms with Gasteiger partial charge in [0.25, 0.3) is 11.8 Å². The first-order valence-corrected chi connectivity index (χ1v) is 13.3. The molecule has 2 heterocycles. The Hall–Kier alpha value is -4.91. The van der Waals surface area contributed by atoms with Crippen molar-refractivity contribution >= 4 is 39.9 Å². The Kier molecular flexibility index (Phi) is 6.78. The van der Waals surface area contributed by atoms with Crippen LogP contribution in [0, 0.1) is 0 Å². The van der Waals surface area contributed by atoms with Crippen LogP contribution in [0.4, 0.5) is 17.1 Å². The van der Waals surface area contributed by atoms with Crippen LogP contribution in [-0.2, 0) is 0 Å². The maximum Gasteiger partial charge on any atom is 0.255 e. The molecule has 0 atom stereocenters. The number of carbonyl (C=O) groups excluding carboxylic acids is 2. The number of amides is 2. The van der Waals surface area contributed by atoms with Crippen LogP contribution in [0.3, 0.4) is 0 Å². The molecule has 0 saturated carbocycles. The molecule has 0 radical (unpaired) electrons. The van der Waals surface area contributed by atoms with Crippen molar-refractivity contribution < 1.29 is 9.59 Å². The second-order valence-corrected chi connectivity index (χ2v) is 9.76. The van der Waals surface area contributed by atoms with Crippen LogP contribution in [0.25, 0.3) is 22.4 Å². The van der Waals surface area contributed by atoms with E-state index in [9.17, 15) is 9.59 Å². The van der Waals surface area contributed by atoms with Gasteiger partial charge in [-0.3, -0.25) is 9.59 Å². The van der Waals surface area contributed by atoms with Crippen molar-refractivity contribution in [1.29, 1.82) is 0 Å². The summed E-state index contributed by atoms with van der Waals surface area (Å²) in [6.07, 6.45) is 3.73. The zero-order valence-electron chi connectivity index (χ0n) is 21.5. The number of nitrogens with zero attached hydrogens (tertiary/aromatic N) is 2. The Labute approximate surface area is 226 Å². The summed E-state index contributed by atoms with van der Waals surface area (Å²) in [5.41, 5.74) is 6.25. The quantitative estimate of drug-likeness (QED) is 0.234. The van der Waals surface area contributed by atoms with Gasteiger partial charge in [-0.15, -0.1) is 0 Å². The second kappa shape index (κ2) is 10.8. The summed E-state index contributed by atoms with van der Waals surface area (Å²) in [6.45, 7) is 2.15. The second-order valence-electron chi connectivity index (χ2n) is 9.76. The Balaban J connectivity index is 1.13. The van der Waals surface area contributed by atoms with E-state index in [1.807, 2.05) is 84.9 Å². The Morgan fingerprint density at radius 3 is 2.03 bits per heavy atom. The van der Waals surface area contributed by atoms with Gasteiger partial charge in [-0.2, -0.15) is 0 Å². The van der Waals surface area contributed by atoms with Crippen molar-refractivity contribution in [1.82, 2.24) is 9.97 Å². The molecule has 1 saturated heterocycles. The van der Waals surface area contributed by atoms with Crippen molar-refractivity contribution in [2.45, 2.75) is 19.3 Å². The van der Waals surface area contributed by atoms with E-state index < -0.39 is 0 Å². The summed E-state index contributed by atoms with van der Waals surface area (Å²) in [6, 6.07) is 30.1. The number of H-pyrrole nitrogens is 1. The molecule has 3 N–H and O–H groups in total. The Bertz CT molecular complexity index is 1600. The van der Waals surface area contributed by atoms with Crippen molar-refractivity contribution in [3.63, 3.8) is 0 Å². The van der Waals surface area contributed by atoms with Gasteiger partial charge in [-0.25, -0.2) is 4.98 Å². The first kappa shape index (κ1) is 24.4. The van der Waals surface area contributed by atoms with Crippen LogP contribution in [0.1, 0.15) is 40.0 Å². The molecule has 7 heteroatoms. The highest BCUT2D eigenvalue weighted by molar-refractivity contribution is 6.05. The number of carbonyl (C=O) groups is 2. The van der Waals surface area contributed by atoms with E-state index >= 15 is 0 Å². The molecule has 0 aliphatic carbocycles. The average Bonchev–Trinajstić information content (AvgIpc) is 3.42. The van der Waals surface area contributed by atoms with Gasteiger partial charge in [-0.05, 0) is 86.0 Å². The minimum absolute atomic E-state index is 0.153. The smallest absolute Gasteiger partial charge is 0.255 e. The lowest BCUT2D eigenvalue weighted by molar-refractivity contribution is 0.101. The van der Waals surface area contributed by atoms with Crippen LogP contribution in [-0.4, -0.2) is 34.9 Å². The summed E-state index contributed by atoms with van der Waals surface area (Å²) in [5.74, 6) is 0.371. The van der Waals surface area contributed by atoms with Crippen LogP contribution < -0.4 is 15.5 Å². The van der Waals surface area contributed by atoms with E-state index in [1.54, 1.807) is 12.1 Å². The highest BCUT2D eigenvalue weighted by Gasteiger charge is 2.13. The van der Waals surface area contributed by atoms with Crippen LogP contribution in [0.5, 0.6) is 0 Å². The number of piperidine rings is 1. The fourth-order valence-electron chi connectivity index (χ4n) is 4.90. The summed E-state index contributed by atoms with van der Waals surface area (Å²) in [7, 11) is 0. The van der Waals surface area contributed by atoms with Gasteiger partial charge < -0.3 is 20.5 Å². The van der Waals surface area contributed by atoms with Crippen molar-refractivity contribution in [3.05, 3.63) is 108 Å². The van der Waals surface area contributed by atoms with Gasteiger partial charge >= 0.3 is 0 Å². The molecule has 0 spiro atoms. The minimum Gasteiger partial charge on any atom is -0.372 e. The van der Waals surface area contributed by atoms with Gasteiger partial charge in [0, 0.05) is 46.8 Å². The number of rotatable bonds is 6. The first-order valence-electron chi connectivity index (χ1n) is 13.3. The van der Waals surface area contributed by atoms with Gasteiger partial charge in [0.1, 0.15) is 5.82 Å². The number of anilines is 3. The largest absolute Gasteiger partial charge is 0.372 e. The van der Waals surface area contributed by atoms with Crippen LogP contribution >= 0.6 is 0 Å². The standard InChI is InChI=1S/C32H29N5O2/c38-31(33-25-7-3-1-4-8-25)23-11-9-22(10-12-23)30-35-28-18-15-26(21-29(28)36-30)34-32(39)24-13-16-27(17-14-24)37-19-5-2-6-20-37/h1,3-4,7-18,21H,2,5-6,19-20H2,(H,33,38)(H,34,39)(H,35,36). The predicted molar refractivity (Wildman–Crippen MR) is 156 cm³/mol. The maximum atomic E-state index is 12.9. The molecule has 6 rings (SSSR count). The summed E-state index contributed by atoms with van der Waals surface area (Å²) in [4.78, 5) is 35.8. The van der Waals surface area contributed by atoms with Crippen molar-refractivity contribution in [2.75, 3.05) is 28.6 Å². The van der Waals surface area contributed by atoms with Gasteiger partial charge in [0.15, 0.2) is 0 Å². The normalized spacial score (nSPS) is 13.3. The number of nitrogens with one attached hydrogen (secondary N) is 3. The van der Waals surface area contributed by atoms with E-state index in [0.717, 1.165) is 35.4 Å². The van der Waals surface area contributed by atoms with Gasteiger partial charge in [0.2, 0.25) is 0 Å². The third-order valence-corrected chi connectivity index (χ3v) is 7.04. The minimum atomic E-state index is -0.168. The fraction of sp³-hybridized carbons (Fsp3) is 0.156. The zero-order valence-corrected chi connectivity index (χ0v) is 21.5. The summed E-state index contributed by atoms with van der Waals surface area (Å²) < 4.78 is 0. The van der Waals surface area contributed by atoms with Gasteiger partial charge in [-0.1, -0.05) is 30.3 Å². The lowest BCUT2D eigenvalue weighted by Gasteiger charge is -2.28. The number of benzene rings is 4. The highest BCUT2D eigenvalue weighted by atomic mass is 16.2. The van der Waals surface area contributed by atoms with E-state index in [1.165, 1.54) is 24.9 Å². The molecular formula is C32H29N5O2. The van der Waals surface area contributed by atoms with Crippen LogP contribution in [0.2, 0.25) is 0 Å². The van der Waals surface area contributed by atoms with E-state index in [2.05, 4.69) is 20.5 Å². The lowest BCUT2D eigenvalue weighted by Crippen LogP contribution is -2.29. The predicted octanol–water partition coefficient (Wildman–Crippen LogP) is 6.72. The SMILES string of the molecule is O=C(Nc1ccccc1)c1ccc(-c2nc3cc(NC(=O)c4ccc(N5CCCCC5)cc4)ccc3[nH]2)cc1. The number of fused-ring (bicyclic) bond motifs is 1. The van der Waals surface area contributed by atoms with Crippen molar-refractivity contribution in [2.24, 2.45) is 0 Å². The molecule has 5 aromatic rings. The lowest BCUT2D eigenvalue weighted by atomic mass is 10.1. The monoisotopic (exact) mass is 515 g/mol. The van der Waals surface area contributed by atoms with Gasteiger partial charge in [0.05, 0.1) is 11.0 Å². The zero-order chi connectivity index (χ0) is 26.6. The summed E-state index contributed by atoms with van der Waals surface area (Å²) in [5, 5.41) is 5.88. The first-order chi connectivity index (χ1) is 19.1. The summed E-state index contributed by atoms with van der Waals surface area (Å²) >= 11 is 0. The molecule has 2 amide bonds. The number of aromatic nitrogens is 2. The number of hydrogen-bond donors (Lipinski definition) is 3. The molecule has 1 aliphatic heterocycles. The fourth-order valence-corrected chi connectivity index (χ4v) is 4.90. The molecule has 194 valence electrons. The maximum absolute atomic E-state index is 12.9. The molecule has 4 aromatic carbocycles. The third-order valence-electron chi connectivity index (χ3n) is 7.04. The van der Waals surface area contributed by atoms with E-state index in [-0.39, 0.29) is 11.8 Å². The number of imidazole rings is 1. The van der Waals surface area contributed by atoms with Crippen LogP contribution in [0.15, 0.2) is 97.1 Å². The molecular weight excluding hydrogens is 486 g/mol. The van der Waals surface area contributed by atoms with E-state index in [0.29, 0.717) is 22.6 Å². The average molecular weight is 516 g/mol. The Morgan fingerprint density at radius 2 is 1.33 bits per heavy atom. The molecule has 0 bridgehead atoms. The number of para-hydroxylation sites is 1. The Morgan fingerprint density at radius 1 is 0.692 bits per heavy atom. The number of aromatic amines is 1. The van der Waals surface area contributed by atoms with E-state index in [4.69, 9.17) is 4.98 Å². The van der Waals surface area contributed by atoms with Crippen molar-refractivity contribution in [3.8, 4) is 11.4 Å². The molecule has 39 heavy (non-hydrogen) atoms. The molecule has 7 nitrogen and oxygen atoms in total. The molecule has 0 unspecified atom stereocenters. The molecule has 1 aromatic heterocycles. The molecule has 1 fully saturated rings. The molecule has 1 aliphatic rings. The topological polar surface area (TPSA) is 90.1 Å².